The third-order valence-electron chi connectivity index (χ3n) is 4.19. The fourth-order valence-corrected chi connectivity index (χ4v) is 4.04. The average Bonchev–Trinajstić information content (AvgIpc) is 2.47. The van der Waals surface area contributed by atoms with Crippen LogP contribution in [0.2, 0.25) is 0 Å². The number of amides is 1. The number of benzene rings is 1. The zero-order valence-electron chi connectivity index (χ0n) is 13.5. The fourth-order valence-electron chi connectivity index (χ4n) is 2.91. The molecule has 0 aromatic heterocycles. The number of nitrogens with one attached hydrogen (secondary N) is 1. The molecule has 1 N–H and O–H groups in total. The maximum absolute atomic E-state index is 12.9. The van der Waals surface area contributed by atoms with Crippen LogP contribution in [0.15, 0.2) is 29.2 Å². The van der Waals surface area contributed by atoms with Gasteiger partial charge in [-0.25, -0.2) is 12.8 Å². The number of likely N-dealkylation sites (N-methyl/N-ethyl adjacent to an activating group) is 1. The van der Waals surface area contributed by atoms with Gasteiger partial charge < -0.3 is 5.32 Å². The summed E-state index contributed by atoms with van der Waals surface area (Å²) < 4.78 is 38.6. The highest BCUT2D eigenvalue weighted by Crippen LogP contribution is 2.23. The second-order valence-corrected chi connectivity index (χ2v) is 8.30. The summed E-state index contributed by atoms with van der Waals surface area (Å²) in [6.07, 6.45) is 4.12. The summed E-state index contributed by atoms with van der Waals surface area (Å²) >= 11 is 0. The molecule has 128 valence electrons. The Morgan fingerprint density at radius 2 is 1.96 bits per heavy atom. The van der Waals surface area contributed by atoms with Crippen molar-refractivity contribution in [2.45, 2.75) is 43.5 Å². The van der Waals surface area contributed by atoms with Crippen molar-refractivity contribution >= 4 is 15.9 Å². The zero-order valence-corrected chi connectivity index (χ0v) is 14.3. The van der Waals surface area contributed by atoms with Crippen molar-refractivity contribution in [3.05, 3.63) is 30.1 Å². The third kappa shape index (κ3) is 4.75. The van der Waals surface area contributed by atoms with Gasteiger partial charge in [-0.1, -0.05) is 19.8 Å². The molecule has 1 aliphatic rings. The van der Waals surface area contributed by atoms with Crippen LogP contribution < -0.4 is 5.32 Å². The highest BCUT2D eigenvalue weighted by atomic mass is 32.2. The first kappa shape index (κ1) is 17.9. The van der Waals surface area contributed by atoms with Crippen LogP contribution in [0.3, 0.4) is 0 Å². The summed E-state index contributed by atoms with van der Waals surface area (Å²) in [4.78, 5) is 12.1. The van der Waals surface area contributed by atoms with E-state index in [-0.39, 0.29) is 23.4 Å². The van der Waals surface area contributed by atoms with E-state index >= 15 is 0 Å². The minimum Gasteiger partial charge on any atom is -0.352 e. The Kier molecular flexibility index (Phi) is 5.75. The average molecular weight is 342 g/mol. The van der Waals surface area contributed by atoms with Gasteiger partial charge in [0.25, 0.3) is 0 Å². The van der Waals surface area contributed by atoms with Gasteiger partial charge in [-0.15, -0.1) is 0 Å². The number of hydrogen-bond donors (Lipinski definition) is 1. The smallest absolute Gasteiger partial charge is 0.243 e. The Balaban J connectivity index is 1.95. The molecule has 7 heteroatoms. The molecule has 0 heterocycles. The normalized spacial score (nSPS) is 22.1. The van der Waals surface area contributed by atoms with Crippen molar-refractivity contribution in [2.75, 3.05) is 13.6 Å². The molecule has 2 rings (SSSR count). The molecule has 0 bridgehead atoms. The van der Waals surface area contributed by atoms with Gasteiger partial charge in [-0.2, -0.15) is 4.31 Å². The zero-order chi connectivity index (χ0) is 17.0. The van der Waals surface area contributed by atoms with Gasteiger partial charge >= 0.3 is 0 Å². The molecule has 1 saturated carbocycles. The van der Waals surface area contributed by atoms with E-state index in [2.05, 4.69) is 12.2 Å². The number of carbonyl (C=O) groups is 1. The van der Waals surface area contributed by atoms with Crippen molar-refractivity contribution in [3.63, 3.8) is 0 Å². The Bertz CT molecular complexity index is 646. The summed E-state index contributed by atoms with van der Waals surface area (Å²) in [5.74, 6) is -0.234. The number of sulfonamides is 1. The lowest BCUT2D eigenvalue weighted by atomic mass is 9.87. The second kappa shape index (κ2) is 7.40. The molecule has 1 amide bonds. The van der Waals surface area contributed by atoms with E-state index in [9.17, 15) is 17.6 Å². The number of halogens is 1. The Morgan fingerprint density at radius 1 is 1.30 bits per heavy atom. The van der Waals surface area contributed by atoms with Crippen LogP contribution in [-0.4, -0.2) is 38.3 Å². The van der Waals surface area contributed by atoms with E-state index in [1.807, 2.05) is 0 Å². The van der Waals surface area contributed by atoms with Gasteiger partial charge in [0.15, 0.2) is 0 Å². The summed E-state index contributed by atoms with van der Waals surface area (Å²) in [5, 5.41) is 2.91. The summed E-state index contributed by atoms with van der Waals surface area (Å²) in [7, 11) is -2.45. The topological polar surface area (TPSA) is 66.5 Å². The van der Waals surface area contributed by atoms with Crippen LogP contribution in [0.5, 0.6) is 0 Å². The van der Waals surface area contributed by atoms with E-state index in [0.29, 0.717) is 5.92 Å². The van der Waals surface area contributed by atoms with Gasteiger partial charge in [0.05, 0.1) is 11.4 Å². The monoisotopic (exact) mass is 342 g/mol. The Hall–Kier alpha value is -1.47. The van der Waals surface area contributed by atoms with E-state index in [1.165, 1.54) is 25.6 Å². The van der Waals surface area contributed by atoms with Crippen molar-refractivity contribution in [2.24, 2.45) is 5.92 Å². The molecule has 0 aliphatic heterocycles. The van der Waals surface area contributed by atoms with Crippen LogP contribution in [0.25, 0.3) is 0 Å². The molecule has 5 nitrogen and oxygen atoms in total. The molecule has 2 atom stereocenters. The van der Waals surface area contributed by atoms with Crippen LogP contribution in [0, 0.1) is 11.7 Å². The highest BCUT2D eigenvalue weighted by molar-refractivity contribution is 7.89. The van der Waals surface area contributed by atoms with Crippen LogP contribution in [0.4, 0.5) is 4.39 Å². The third-order valence-corrected chi connectivity index (χ3v) is 6.01. The molecular formula is C16H23FN2O3S. The summed E-state index contributed by atoms with van der Waals surface area (Å²) in [5.41, 5.74) is 0. The predicted octanol–water partition coefficient (Wildman–Crippen LogP) is 2.14. The molecule has 0 saturated heterocycles. The summed E-state index contributed by atoms with van der Waals surface area (Å²) in [6.45, 7) is 1.91. The predicted molar refractivity (Wildman–Crippen MR) is 85.8 cm³/mol. The van der Waals surface area contributed by atoms with Crippen molar-refractivity contribution in [1.82, 2.24) is 9.62 Å². The molecule has 2 unspecified atom stereocenters. The molecule has 0 spiro atoms. The number of hydrogen-bond acceptors (Lipinski definition) is 3. The largest absolute Gasteiger partial charge is 0.352 e. The lowest BCUT2D eigenvalue weighted by molar-refractivity contribution is -0.122. The van der Waals surface area contributed by atoms with Crippen LogP contribution >= 0.6 is 0 Å². The van der Waals surface area contributed by atoms with E-state index in [0.717, 1.165) is 35.7 Å². The Morgan fingerprint density at radius 3 is 2.57 bits per heavy atom. The minimum atomic E-state index is -3.80. The minimum absolute atomic E-state index is 0.0273. The Labute approximate surface area is 136 Å². The summed E-state index contributed by atoms with van der Waals surface area (Å²) in [6, 6.07) is 4.69. The van der Waals surface area contributed by atoms with Gasteiger partial charge in [0, 0.05) is 13.1 Å². The quantitative estimate of drug-likeness (QED) is 0.891. The van der Waals surface area contributed by atoms with E-state index in [1.54, 1.807) is 0 Å². The number of nitrogens with zero attached hydrogens (tertiary/aromatic N) is 1. The molecular weight excluding hydrogens is 319 g/mol. The van der Waals surface area contributed by atoms with Gasteiger partial charge in [0.1, 0.15) is 5.82 Å². The standard InChI is InChI=1S/C16H23FN2O3S/c1-12-4-3-5-14(10-12)18-16(20)11-19(2)23(21,22)15-8-6-13(17)7-9-15/h6-9,12,14H,3-5,10-11H2,1-2H3,(H,18,20). The van der Waals surface area contributed by atoms with Gasteiger partial charge in [0.2, 0.25) is 15.9 Å². The molecule has 1 fully saturated rings. The molecule has 23 heavy (non-hydrogen) atoms. The molecule has 1 aromatic rings. The van der Waals surface area contributed by atoms with E-state index in [4.69, 9.17) is 0 Å². The second-order valence-electron chi connectivity index (χ2n) is 6.25. The van der Waals surface area contributed by atoms with Gasteiger partial charge in [-0.3, -0.25) is 4.79 Å². The van der Waals surface area contributed by atoms with Crippen LogP contribution in [0.1, 0.15) is 32.6 Å². The maximum atomic E-state index is 12.9. The first-order valence-corrected chi connectivity index (χ1v) is 9.24. The van der Waals surface area contributed by atoms with E-state index < -0.39 is 15.8 Å². The van der Waals surface area contributed by atoms with Crippen molar-refractivity contribution in [1.29, 1.82) is 0 Å². The molecule has 0 radical (unpaired) electrons. The van der Waals surface area contributed by atoms with Crippen molar-refractivity contribution < 1.29 is 17.6 Å². The maximum Gasteiger partial charge on any atom is 0.243 e. The first-order valence-electron chi connectivity index (χ1n) is 7.80. The molecule has 1 aliphatic carbocycles. The highest BCUT2D eigenvalue weighted by Gasteiger charge is 2.25. The van der Waals surface area contributed by atoms with Gasteiger partial charge in [-0.05, 0) is 43.0 Å². The fraction of sp³-hybridized carbons (Fsp3) is 0.562. The van der Waals surface area contributed by atoms with Crippen LogP contribution in [-0.2, 0) is 14.8 Å². The van der Waals surface area contributed by atoms with Crippen molar-refractivity contribution in [3.8, 4) is 0 Å². The lowest BCUT2D eigenvalue weighted by Gasteiger charge is -2.28. The lowest BCUT2D eigenvalue weighted by Crippen LogP contribution is -2.44. The number of carbonyl (C=O) groups excluding carboxylic acids is 1. The first-order chi connectivity index (χ1) is 10.8. The SMILES string of the molecule is CC1CCCC(NC(=O)CN(C)S(=O)(=O)c2ccc(F)cc2)C1. The molecule has 1 aromatic carbocycles. The number of rotatable bonds is 5.